The number of hydrogen-bond acceptors (Lipinski definition) is 5. The van der Waals surface area contributed by atoms with Gasteiger partial charge in [0.1, 0.15) is 11.5 Å². The SMILES string of the molecule is COc1cc(OC)cc(C(=O)N/N=C(\C)CC(=O)NC2CCCCC2)c1. The highest BCUT2D eigenvalue weighted by atomic mass is 16.5. The molecule has 1 aliphatic rings. The summed E-state index contributed by atoms with van der Waals surface area (Å²) < 4.78 is 10.3. The number of methoxy groups -OCH3 is 2. The number of hydrogen-bond donors (Lipinski definition) is 2. The van der Waals surface area contributed by atoms with Gasteiger partial charge in [-0.05, 0) is 31.9 Å². The van der Waals surface area contributed by atoms with Crippen LogP contribution in [0, 0.1) is 0 Å². The van der Waals surface area contributed by atoms with Crippen molar-refractivity contribution in [3.8, 4) is 11.5 Å². The van der Waals surface area contributed by atoms with Gasteiger partial charge in [-0.25, -0.2) is 5.43 Å². The lowest BCUT2D eigenvalue weighted by Gasteiger charge is -2.22. The molecule has 0 aromatic heterocycles. The Hall–Kier alpha value is -2.57. The second-order valence-electron chi connectivity index (χ2n) is 6.47. The molecule has 0 aliphatic heterocycles. The summed E-state index contributed by atoms with van der Waals surface area (Å²) in [5, 5.41) is 7.05. The normalized spacial score (nSPS) is 15.3. The Bertz CT molecular complexity index is 644. The van der Waals surface area contributed by atoms with Crippen molar-refractivity contribution in [3.63, 3.8) is 0 Å². The highest BCUT2D eigenvalue weighted by Gasteiger charge is 2.16. The minimum Gasteiger partial charge on any atom is -0.497 e. The molecule has 142 valence electrons. The molecule has 1 aliphatic carbocycles. The zero-order valence-electron chi connectivity index (χ0n) is 15.6. The van der Waals surface area contributed by atoms with E-state index in [0.29, 0.717) is 22.8 Å². The van der Waals surface area contributed by atoms with Crippen molar-refractivity contribution in [3.05, 3.63) is 23.8 Å². The van der Waals surface area contributed by atoms with Crippen LogP contribution in [0.2, 0.25) is 0 Å². The standard InChI is InChI=1S/C19H27N3O4/c1-13(9-18(23)20-15-7-5-4-6-8-15)21-22-19(24)14-10-16(25-2)12-17(11-14)26-3/h10-12,15H,4-9H2,1-3H3,(H,20,23)(H,22,24)/b21-13+. The molecule has 1 saturated carbocycles. The predicted molar refractivity (Wildman–Crippen MR) is 99.8 cm³/mol. The molecule has 0 unspecified atom stereocenters. The van der Waals surface area contributed by atoms with Crippen LogP contribution in [0.3, 0.4) is 0 Å². The maximum atomic E-state index is 12.3. The molecule has 0 saturated heterocycles. The second-order valence-corrected chi connectivity index (χ2v) is 6.47. The lowest BCUT2D eigenvalue weighted by Crippen LogP contribution is -2.37. The van der Waals surface area contributed by atoms with Gasteiger partial charge in [0.2, 0.25) is 5.91 Å². The Labute approximate surface area is 154 Å². The van der Waals surface area contributed by atoms with Gasteiger partial charge in [0.15, 0.2) is 0 Å². The molecule has 0 bridgehead atoms. The van der Waals surface area contributed by atoms with E-state index in [0.717, 1.165) is 25.7 Å². The molecule has 7 nitrogen and oxygen atoms in total. The summed E-state index contributed by atoms with van der Waals surface area (Å²) in [4.78, 5) is 24.3. The number of carbonyl (C=O) groups is 2. The molecule has 1 fully saturated rings. The average Bonchev–Trinajstić information content (AvgIpc) is 2.66. The third-order valence-corrected chi connectivity index (χ3v) is 4.35. The number of ether oxygens (including phenoxy) is 2. The Morgan fingerprint density at radius 3 is 2.27 bits per heavy atom. The van der Waals surface area contributed by atoms with Crippen LogP contribution in [0.15, 0.2) is 23.3 Å². The van der Waals surface area contributed by atoms with E-state index in [1.807, 2.05) is 0 Å². The lowest BCUT2D eigenvalue weighted by molar-refractivity contribution is -0.120. The van der Waals surface area contributed by atoms with Crippen LogP contribution in [-0.4, -0.2) is 37.8 Å². The fourth-order valence-electron chi connectivity index (χ4n) is 2.95. The summed E-state index contributed by atoms with van der Waals surface area (Å²) in [6.45, 7) is 1.72. The van der Waals surface area contributed by atoms with E-state index >= 15 is 0 Å². The summed E-state index contributed by atoms with van der Waals surface area (Å²) in [6, 6.07) is 5.14. The van der Waals surface area contributed by atoms with Crippen molar-refractivity contribution in [1.29, 1.82) is 0 Å². The third-order valence-electron chi connectivity index (χ3n) is 4.35. The number of nitrogens with zero attached hydrogens (tertiary/aromatic N) is 1. The number of rotatable bonds is 7. The van der Waals surface area contributed by atoms with Gasteiger partial charge in [-0.3, -0.25) is 9.59 Å². The van der Waals surface area contributed by atoms with Crippen LogP contribution >= 0.6 is 0 Å². The average molecular weight is 361 g/mol. The molecule has 2 rings (SSSR count). The molecule has 0 heterocycles. The summed E-state index contributed by atoms with van der Waals surface area (Å²) in [6.07, 6.45) is 5.81. The highest BCUT2D eigenvalue weighted by molar-refractivity contribution is 6.01. The van der Waals surface area contributed by atoms with E-state index in [-0.39, 0.29) is 18.4 Å². The zero-order valence-corrected chi connectivity index (χ0v) is 15.6. The van der Waals surface area contributed by atoms with Crippen LogP contribution in [0.1, 0.15) is 55.8 Å². The smallest absolute Gasteiger partial charge is 0.271 e. The minimum atomic E-state index is -0.394. The molecule has 2 amide bonds. The number of hydrazone groups is 1. The van der Waals surface area contributed by atoms with Crippen molar-refractivity contribution >= 4 is 17.5 Å². The zero-order chi connectivity index (χ0) is 18.9. The summed E-state index contributed by atoms with van der Waals surface area (Å²) in [5.74, 6) is 0.578. The van der Waals surface area contributed by atoms with Crippen molar-refractivity contribution in [2.45, 2.75) is 51.5 Å². The summed E-state index contributed by atoms with van der Waals surface area (Å²) >= 11 is 0. The van der Waals surface area contributed by atoms with Crippen molar-refractivity contribution in [2.24, 2.45) is 5.10 Å². The Kier molecular flexibility index (Phi) is 7.44. The van der Waals surface area contributed by atoms with Gasteiger partial charge >= 0.3 is 0 Å². The van der Waals surface area contributed by atoms with Gasteiger partial charge in [-0.1, -0.05) is 19.3 Å². The van der Waals surface area contributed by atoms with E-state index < -0.39 is 5.91 Å². The third kappa shape index (κ3) is 6.06. The van der Waals surface area contributed by atoms with Gasteiger partial charge in [0.25, 0.3) is 5.91 Å². The molecular weight excluding hydrogens is 334 g/mol. The van der Waals surface area contributed by atoms with E-state index in [1.54, 1.807) is 25.1 Å². The molecular formula is C19H27N3O4. The van der Waals surface area contributed by atoms with Crippen LogP contribution in [0.5, 0.6) is 11.5 Å². The monoisotopic (exact) mass is 361 g/mol. The number of carbonyl (C=O) groups excluding carboxylic acids is 2. The second kappa shape index (κ2) is 9.79. The molecule has 0 radical (unpaired) electrons. The van der Waals surface area contributed by atoms with Crippen molar-refractivity contribution < 1.29 is 19.1 Å². The summed E-state index contributed by atoms with van der Waals surface area (Å²) in [5.41, 5.74) is 3.38. The number of benzene rings is 1. The minimum absolute atomic E-state index is 0.0598. The fourth-order valence-corrected chi connectivity index (χ4v) is 2.95. The number of nitrogens with one attached hydrogen (secondary N) is 2. The van der Waals surface area contributed by atoms with E-state index in [9.17, 15) is 9.59 Å². The van der Waals surface area contributed by atoms with E-state index in [4.69, 9.17) is 9.47 Å². The van der Waals surface area contributed by atoms with E-state index in [1.165, 1.54) is 20.6 Å². The summed E-state index contributed by atoms with van der Waals surface area (Å²) in [7, 11) is 3.04. The molecule has 1 aromatic carbocycles. The first-order chi connectivity index (χ1) is 12.5. The van der Waals surface area contributed by atoms with Gasteiger partial charge in [-0.2, -0.15) is 5.10 Å². The van der Waals surface area contributed by atoms with Crippen LogP contribution in [0.4, 0.5) is 0 Å². The van der Waals surface area contributed by atoms with Crippen molar-refractivity contribution in [2.75, 3.05) is 14.2 Å². The number of amides is 2. The molecule has 0 spiro atoms. The van der Waals surface area contributed by atoms with Gasteiger partial charge in [0.05, 0.1) is 20.6 Å². The predicted octanol–water partition coefficient (Wildman–Crippen LogP) is 2.65. The van der Waals surface area contributed by atoms with Gasteiger partial charge in [-0.15, -0.1) is 0 Å². The largest absolute Gasteiger partial charge is 0.497 e. The van der Waals surface area contributed by atoms with Crippen LogP contribution < -0.4 is 20.2 Å². The topological polar surface area (TPSA) is 89.0 Å². The molecule has 0 atom stereocenters. The van der Waals surface area contributed by atoms with Gasteiger partial charge in [0, 0.05) is 23.4 Å². The first-order valence-corrected chi connectivity index (χ1v) is 8.87. The van der Waals surface area contributed by atoms with E-state index in [2.05, 4.69) is 15.8 Å². The van der Waals surface area contributed by atoms with Crippen molar-refractivity contribution in [1.82, 2.24) is 10.7 Å². The van der Waals surface area contributed by atoms with Crippen LogP contribution in [-0.2, 0) is 4.79 Å². The maximum Gasteiger partial charge on any atom is 0.271 e. The lowest BCUT2D eigenvalue weighted by atomic mass is 9.95. The Balaban J connectivity index is 1.89. The molecule has 1 aromatic rings. The molecule has 2 N–H and O–H groups in total. The first kappa shape index (κ1) is 19.8. The first-order valence-electron chi connectivity index (χ1n) is 8.87. The Morgan fingerprint density at radius 1 is 1.08 bits per heavy atom. The van der Waals surface area contributed by atoms with Gasteiger partial charge < -0.3 is 14.8 Å². The fraction of sp³-hybridized carbons (Fsp3) is 0.526. The molecule has 7 heteroatoms. The highest BCUT2D eigenvalue weighted by Crippen LogP contribution is 2.22. The molecule has 26 heavy (non-hydrogen) atoms. The quantitative estimate of drug-likeness (QED) is 0.577. The Morgan fingerprint density at radius 2 is 1.69 bits per heavy atom. The van der Waals surface area contributed by atoms with Crippen LogP contribution in [0.25, 0.3) is 0 Å². The maximum absolute atomic E-state index is 12.3.